The average Bonchev–Trinajstić information content (AvgIpc) is 2.38. The highest BCUT2D eigenvalue weighted by molar-refractivity contribution is 5.78. The quantitative estimate of drug-likeness (QED) is 0.509. The lowest BCUT2D eigenvalue weighted by Gasteiger charge is -2.09. The Morgan fingerprint density at radius 1 is 1.35 bits per heavy atom. The molecule has 0 atom stereocenters. The van der Waals surface area contributed by atoms with Gasteiger partial charge in [-0.25, -0.2) is 4.39 Å². The van der Waals surface area contributed by atoms with Gasteiger partial charge in [0.1, 0.15) is 11.4 Å². The van der Waals surface area contributed by atoms with Crippen molar-refractivity contribution in [1.29, 1.82) is 0 Å². The summed E-state index contributed by atoms with van der Waals surface area (Å²) < 4.78 is 18.4. The number of para-hydroxylation sites is 1. The van der Waals surface area contributed by atoms with Gasteiger partial charge in [0.2, 0.25) is 0 Å². The number of nitrogens with one attached hydrogen (secondary N) is 1. The highest BCUT2D eigenvalue weighted by Gasteiger charge is 2.18. The van der Waals surface area contributed by atoms with Crippen molar-refractivity contribution in [3.8, 4) is 5.75 Å². The van der Waals surface area contributed by atoms with Crippen molar-refractivity contribution in [2.45, 2.75) is 0 Å². The summed E-state index contributed by atoms with van der Waals surface area (Å²) in [4.78, 5) is 10.4. The van der Waals surface area contributed by atoms with E-state index in [1.165, 1.54) is 31.4 Å². The van der Waals surface area contributed by atoms with Gasteiger partial charge in [0, 0.05) is 11.8 Å². The second kappa shape index (κ2) is 5.43. The lowest BCUT2D eigenvalue weighted by molar-refractivity contribution is -0.383. The lowest BCUT2D eigenvalue weighted by atomic mass is 10.2. The molecule has 0 aliphatic rings. The third kappa shape index (κ3) is 2.61. The topological polar surface area (TPSA) is 90.4 Å². The first-order valence-electron chi connectivity index (χ1n) is 5.66. The van der Waals surface area contributed by atoms with Crippen LogP contribution >= 0.6 is 0 Å². The zero-order valence-corrected chi connectivity index (χ0v) is 10.6. The molecular formula is C13H12FN3O3. The molecule has 0 saturated heterocycles. The fourth-order valence-corrected chi connectivity index (χ4v) is 1.77. The number of hydrogen-bond acceptors (Lipinski definition) is 5. The van der Waals surface area contributed by atoms with Crippen LogP contribution in [0.1, 0.15) is 0 Å². The van der Waals surface area contributed by atoms with Crippen molar-refractivity contribution in [3.63, 3.8) is 0 Å². The van der Waals surface area contributed by atoms with Crippen LogP contribution in [0.4, 0.5) is 27.1 Å². The van der Waals surface area contributed by atoms with Gasteiger partial charge >= 0.3 is 5.69 Å². The number of hydrogen-bond donors (Lipinski definition) is 2. The van der Waals surface area contributed by atoms with E-state index in [1.807, 2.05) is 0 Å². The van der Waals surface area contributed by atoms with Gasteiger partial charge in [-0.15, -0.1) is 0 Å². The maximum Gasteiger partial charge on any atom is 0.315 e. The maximum absolute atomic E-state index is 13.6. The van der Waals surface area contributed by atoms with Crippen LogP contribution in [0.3, 0.4) is 0 Å². The number of ether oxygens (including phenoxy) is 1. The Morgan fingerprint density at radius 3 is 2.70 bits per heavy atom. The Bertz CT molecular complexity index is 661. The van der Waals surface area contributed by atoms with E-state index in [0.29, 0.717) is 5.69 Å². The molecule has 7 heteroatoms. The SMILES string of the molecule is COc1ccc(Nc2cccc(N)c2[N+](=O)[O-])cc1F. The molecule has 0 radical (unpaired) electrons. The number of halogens is 1. The van der Waals surface area contributed by atoms with E-state index in [1.54, 1.807) is 12.1 Å². The molecule has 2 aromatic carbocycles. The highest BCUT2D eigenvalue weighted by Crippen LogP contribution is 2.33. The predicted octanol–water partition coefficient (Wildman–Crippen LogP) is 3.07. The molecule has 0 saturated carbocycles. The van der Waals surface area contributed by atoms with Crippen LogP contribution in [0.2, 0.25) is 0 Å². The molecule has 0 aliphatic carbocycles. The molecule has 2 rings (SSSR count). The Hall–Kier alpha value is -2.83. The molecule has 0 aromatic heterocycles. The molecule has 0 amide bonds. The minimum atomic E-state index is -0.586. The van der Waals surface area contributed by atoms with Crippen molar-refractivity contribution in [2.75, 3.05) is 18.2 Å². The third-order valence-electron chi connectivity index (χ3n) is 2.68. The first-order chi connectivity index (χ1) is 9.52. The molecule has 0 aliphatic heterocycles. The summed E-state index contributed by atoms with van der Waals surface area (Å²) in [6.45, 7) is 0. The van der Waals surface area contributed by atoms with Gasteiger partial charge in [0.15, 0.2) is 11.6 Å². The minimum absolute atomic E-state index is 0.0361. The second-order valence-corrected chi connectivity index (χ2v) is 3.97. The molecule has 0 unspecified atom stereocenters. The summed E-state index contributed by atoms with van der Waals surface area (Å²) in [5.74, 6) is -0.471. The van der Waals surface area contributed by atoms with E-state index in [9.17, 15) is 14.5 Å². The number of anilines is 3. The molecule has 20 heavy (non-hydrogen) atoms. The van der Waals surface area contributed by atoms with Crippen LogP contribution in [0.15, 0.2) is 36.4 Å². The largest absolute Gasteiger partial charge is 0.494 e. The first-order valence-corrected chi connectivity index (χ1v) is 5.66. The van der Waals surface area contributed by atoms with Crippen molar-refractivity contribution in [2.24, 2.45) is 0 Å². The number of nitrogen functional groups attached to an aromatic ring is 1. The zero-order valence-electron chi connectivity index (χ0n) is 10.6. The summed E-state index contributed by atoms with van der Waals surface area (Å²) in [5, 5.41) is 13.8. The molecule has 0 fully saturated rings. The van der Waals surface area contributed by atoms with E-state index in [-0.39, 0.29) is 22.8 Å². The van der Waals surface area contributed by atoms with Crippen LogP contribution < -0.4 is 15.8 Å². The Kier molecular flexibility index (Phi) is 3.69. The van der Waals surface area contributed by atoms with Gasteiger partial charge < -0.3 is 15.8 Å². The summed E-state index contributed by atoms with van der Waals surface area (Å²) >= 11 is 0. The summed E-state index contributed by atoms with van der Waals surface area (Å²) in [5.41, 5.74) is 5.92. The fourth-order valence-electron chi connectivity index (χ4n) is 1.77. The molecule has 0 heterocycles. The number of methoxy groups -OCH3 is 1. The van der Waals surface area contributed by atoms with Crippen LogP contribution in [0.5, 0.6) is 5.75 Å². The van der Waals surface area contributed by atoms with Crippen molar-refractivity contribution < 1.29 is 14.1 Å². The summed E-state index contributed by atoms with van der Waals surface area (Å²) in [7, 11) is 1.36. The molecule has 0 bridgehead atoms. The van der Waals surface area contributed by atoms with Gasteiger partial charge in [-0.1, -0.05) is 6.07 Å². The zero-order chi connectivity index (χ0) is 14.7. The molecular weight excluding hydrogens is 265 g/mol. The Morgan fingerprint density at radius 2 is 2.10 bits per heavy atom. The number of nitrogens with two attached hydrogens (primary N) is 1. The number of rotatable bonds is 4. The highest BCUT2D eigenvalue weighted by atomic mass is 19.1. The van der Waals surface area contributed by atoms with Crippen molar-refractivity contribution in [3.05, 3.63) is 52.3 Å². The molecule has 104 valence electrons. The van der Waals surface area contributed by atoms with E-state index in [2.05, 4.69) is 5.32 Å². The summed E-state index contributed by atoms with van der Waals surface area (Å²) in [6, 6.07) is 8.66. The second-order valence-electron chi connectivity index (χ2n) is 3.97. The van der Waals surface area contributed by atoms with Crippen LogP contribution in [-0.4, -0.2) is 12.0 Å². The van der Waals surface area contributed by atoms with E-state index < -0.39 is 10.7 Å². The first kappa shape index (κ1) is 13.6. The Balaban J connectivity index is 2.38. The lowest BCUT2D eigenvalue weighted by Crippen LogP contribution is -2.01. The monoisotopic (exact) mass is 277 g/mol. The minimum Gasteiger partial charge on any atom is -0.494 e. The normalized spacial score (nSPS) is 10.1. The fraction of sp³-hybridized carbons (Fsp3) is 0.0769. The Labute approximate surface area is 114 Å². The van der Waals surface area contributed by atoms with Gasteiger partial charge in [-0.3, -0.25) is 10.1 Å². The number of nitro groups is 1. The van der Waals surface area contributed by atoms with Crippen LogP contribution in [0, 0.1) is 15.9 Å². The standard InChI is InChI=1S/C13H12FN3O3/c1-20-12-6-5-8(7-9(12)14)16-11-4-2-3-10(15)13(11)17(18)19/h2-7,16H,15H2,1H3. The summed E-state index contributed by atoms with van der Waals surface area (Å²) in [6.07, 6.45) is 0. The third-order valence-corrected chi connectivity index (χ3v) is 2.68. The van der Waals surface area contributed by atoms with Crippen LogP contribution in [-0.2, 0) is 0 Å². The van der Waals surface area contributed by atoms with Crippen molar-refractivity contribution >= 4 is 22.7 Å². The average molecular weight is 277 g/mol. The van der Waals surface area contributed by atoms with E-state index in [0.717, 1.165) is 0 Å². The molecule has 3 N–H and O–H groups in total. The van der Waals surface area contributed by atoms with Gasteiger partial charge in [-0.2, -0.15) is 0 Å². The maximum atomic E-state index is 13.6. The van der Waals surface area contributed by atoms with E-state index >= 15 is 0 Å². The molecule has 0 spiro atoms. The van der Waals surface area contributed by atoms with Gasteiger partial charge in [-0.05, 0) is 24.3 Å². The number of benzene rings is 2. The van der Waals surface area contributed by atoms with Crippen LogP contribution in [0.25, 0.3) is 0 Å². The van der Waals surface area contributed by atoms with Gasteiger partial charge in [0.05, 0.1) is 12.0 Å². The molecule has 2 aromatic rings. The predicted molar refractivity (Wildman–Crippen MR) is 73.7 cm³/mol. The number of nitro benzene ring substituents is 1. The van der Waals surface area contributed by atoms with Gasteiger partial charge in [0.25, 0.3) is 0 Å². The van der Waals surface area contributed by atoms with E-state index in [4.69, 9.17) is 10.5 Å². The number of nitrogens with zero attached hydrogens (tertiary/aromatic N) is 1. The van der Waals surface area contributed by atoms with Crippen molar-refractivity contribution in [1.82, 2.24) is 0 Å². The molecule has 6 nitrogen and oxygen atoms in total. The smallest absolute Gasteiger partial charge is 0.315 e.